The molecule has 1 aliphatic heterocycles. The lowest BCUT2D eigenvalue weighted by atomic mass is 10.1. The highest BCUT2D eigenvalue weighted by molar-refractivity contribution is 6.10. The minimum Gasteiger partial charge on any atom is -0.497 e. The van der Waals surface area contributed by atoms with Crippen LogP contribution in [0.2, 0.25) is 0 Å². The minimum atomic E-state index is -0.403. The van der Waals surface area contributed by atoms with Gasteiger partial charge in [-0.2, -0.15) is 0 Å². The molecule has 29 heavy (non-hydrogen) atoms. The zero-order valence-corrected chi connectivity index (χ0v) is 16.4. The lowest BCUT2D eigenvalue weighted by Gasteiger charge is -2.27. The molecule has 0 unspecified atom stereocenters. The number of furan rings is 1. The average molecular weight is 394 g/mol. The number of aryl methyl sites for hydroxylation is 1. The lowest BCUT2D eigenvalue weighted by molar-refractivity contribution is 0.0303. The number of amides is 2. The normalized spacial score (nSPS) is 14.1. The number of hydrogen-bond donors (Lipinski definition) is 1. The first-order valence-electron chi connectivity index (χ1n) is 9.43. The largest absolute Gasteiger partial charge is 0.497 e. The number of carbonyl (C=O) groups is 2. The van der Waals surface area contributed by atoms with E-state index in [2.05, 4.69) is 5.32 Å². The van der Waals surface area contributed by atoms with Crippen LogP contribution in [0, 0.1) is 6.92 Å². The number of morpholine rings is 1. The summed E-state index contributed by atoms with van der Waals surface area (Å²) >= 11 is 0. The van der Waals surface area contributed by atoms with Gasteiger partial charge in [-0.05, 0) is 37.3 Å². The zero-order chi connectivity index (χ0) is 20.4. The van der Waals surface area contributed by atoms with Gasteiger partial charge in [-0.3, -0.25) is 9.59 Å². The lowest BCUT2D eigenvalue weighted by Crippen LogP contribution is -2.41. The van der Waals surface area contributed by atoms with Gasteiger partial charge in [-0.25, -0.2) is 0 Å². The van der Waals surface area contributed by atoms with E-state index < -0.39 is 5.91 Å². The minimum absolute atomic E-state index is 0.129. The summed E-state index contributed by atoms with van der Waals surface area (Å²) in [6.45, 7) is 3.92. The summed E-state index contributed by atoms with van der Waals surface area (Å²) in [6.07, 6.45) is 0. The van der Waals surface area contributed by atoms with Gasteiger partial charge in [0.15, 0.2) is 5.76 Å². The third-order valence-electron chi connectivity index (χ3n) is 5.05. The number of carbonyl (C=O) groups excluding carboxylic acids is 2. The highest BCUT2D eigenvalue weighted by Crippen LogP contribution is 2.29. The van der Waals surface area contributed by atoms with Gasteiger partial charge in [-0.15, -0.1) is 0 Å². The number of hydrogen-bond acceptors (Lipinski definition) is 5. The molecule has 1 aromatic heterocycles. The monoisotopic (exact) mass is 394 g/mol. The smallest absolute Gasteiger partial charge is 0.291 e. The second kappa shape index (κ2) is 7.97. The summed E-state index contributed by atoms with van der Waals surface area (Å²) in [4.78, 5) is 27.6. The molecule has 1 saturated heterocycles. The van der Waals surface area contributed by atoms with E-state index in [0.29, 0.717) is 54.5 Å². The highest BCUT2D eigenvalue weighted by Gasteiger charge is 2.23. The van der Waals surface area contributed by atoms with Crippen molar-refractivity contribution in [2.24, 2.45) is 0 Å². The molecule has 1 aliphatic rings. The molecule has 7 heteroatoms. The van der Waals surface area contributed by atoms with E-state index in [1.54, 1.807) is 48.4 Å². The van der Waals surface area contributed by atoms with Crippen LogP contribution in [-0.2, 0) is 4.74 Å². The summed E-state index contributed by atoms with van der Waals surface area (Å²) in [6, 6.07) is 12.4. The van der Waals surface area contributed by atoms with Gasteiger partial charge >= 0.3 is 0 Å². The molecule has 0 saturated carbocycles. The summed E-state index contributed by atoms with van der Waals surface area (Å²) in [5.41, 5.74) is 2.21. The number of nitrogens with one attached hydrogen (secondary N) is 1. The molecule has 0 radical (unpaired) electrons. The second-order valence-electron chi connectivity index (χ2n) is 6.82. The Morgan fingerprint density at radius 1 is 1.10 bits per heavy atom. The molecule has 1 fully saturated rings. The van der Waals surface area contributed by atoms with Crippen LogP contribution in [0.4, 0.5) is 5.69 Å². The van der Waals surface area contributed by atoms with Crippen molar-refractivity contribution in [3.8, 4) is 5.75 Å². The molecule has 2 aromatic carbocycles. The third-order valence-corrected chi connectivity index (χ3v) is 5.05. The number of rotatable bonds is 4. The number of anilines is 1. The Balaban J connectivity index is 1.61. The van der Waals surface area contributed by atoms with Crippen LogP contribution in [0.25, 0.3) is 11.0 Å². The molecule has 0 aliphatic carbocycles. The fourth-order valence-corrected chi connectivity index (χ4v) is 3.44. The van der Waals surface area contributed by atoms with Crippen LogP contribution in [0.1, 0.15) is 26.5 Å². The molecule has 0 spiro atoms. The van der Waals surface area contributed by atoms with E-state index in [1.165, 1.54) is 0 Å². The van der Waals surface area contributed by atoms with Crippen molar-refractivity contribution < 1.29 is 23.5 Å². The fraction of sp³-hybridized carbons (Fsp3) is 0.273. The van der Waals surface area contributed by atoms with Crippen LogP contribution in [0.3, 0.4) is 0 Å². The maximum absolute atomic E-state index is 12.9. The topological polar surface area (TPSA) is 81.0 Å². The second-order valence-corrected chi connectivity index (χ2v) is 6.82. The van der Waals surface area contributed by atoms with Crippen LogP contribution >= 0.6 is 0 Å². The Morgan fingerprint density at radius 3 is 2.62 bits per heavy atom. The van der Waals surface area contributed by atoms with E-state index in [1.807, 2.05) is 13.0 Å². The average Bonchev–Trinajstić information content (AvgIpc) is 3.10. The maximum Gasteiger partial charge on any atom is 0.291 e. The summed E-state index contributed by atoms with van der Waals surface area (Å²) in [7, 11) is 1.59. The van der Waals surface area contributed by atoms with Gasteiger partial charge in [0, 0.05) is 24.0 Å². The van der Waals surface area contributed by atoms with Crippen molar-refractivity contribution >= 4 is 28.5 Å². The molecule has 2 heterocycles. The molecule has 2 amide bonds. The van der Waals surface area contributed by atoms with Crippen molar-refractivity contribution in [1.29, 1.82) is 0 Å². The number of methoxy groups -OCH3 is 1. The Kier molecular flexibility index (Phi) is 5.22. The molecule has 7 nitrogen and oxygen atoms in total. The van der Waals surface area contributed by atoms with E-state index in [0.717, 1.165) is 5.39 Å². The Hall–Kier alpha value is -3.32. The Bertz CT molecular complexity index is 1070. The number of fused-ring (bicyclic) bond motifs is 1. The SMILES string of the molecule is COc1ccc2oc(C(=O)Nc3ccccc3C(=O)N3CCOCC3)c(C)c2c1. The third kappa shape index (κ3) is 3.69. The molecular weight excluding hydrogens is 372 g/mol. The first-order chi connectivity index (χ1) is 14.1. The highest BCUT2D eigenvalue weighted by atomic mass is 16.5. The predicted octanol–water partition coefficient (Wildman–Crippen LogP) is 3.47. The van der Waals surface area contributed by atoms with Crippen molar-refractivity contribution in [3.05, 3.63) is 59.4 Å². The predicted molar refractivity (Wildman–Crippen MR) is 109 cm³/mol. The summed E-state index contributed by atoms with van der Waals surface area (Å²) < 4.78 is 16.3. The Labute approximate surface area is 168 Å². The van der Waals surface area contributed by atoms with Crippen LogP contribution < -0.4 is 10.1 Å². The van der Waals surface area contributed by atoms with Crippen molar-refractivity contribution in [2.75, 3.05) is 38.7 Å². The summed E-state index contributed by atoms with van der Waals surface area (Å²) in [5, 5.41) is 3.65. The van der Waals surface area contributed by atoms with Gasteiger partial charge in [0.25, 0.3) is 11.8 Å². The zero-order valence-electron chi connectivity index (χ0n) is 16.4. The molecule has 1 N–H and O–H groups in total. The standard InChI is InChI=1S/C22H22N2O5/c1-14-17-13-15(27-2)7-8-19(17)29-20(14)21(25)23-18-6-4-3-5-16(18)22(26)24-9-11-28-12-10-24/h3-8,13H,9-12H2,1-2H3,(H,23,25). The van der Waals surface area contributed by atoms with Crippen LogP contribution in [-0.4, -0.2) is 50.1 Å². The first-order valence-corrected chi connectivity index (χ1v) is 9.43. The van der Waals surface area contributed by atoms with Gasteiger partial charge in [0.1, 0.15) is 11.3 Å². The summed E-state index contributed by atoms with van der Waals surface area (Å²) in [5.74, 6) is 0.367. The van der Waals surface area contributed by atoms with Gasteiger partial charge in [0.2, 0.25) is 0 Å². The van der Waals surface area contributed by atoms with Gasteiger partial charge in [0.05, 0.1) is 31.6 Å². The molecule has 0 atom stereocenters. The van der Waals surface area contributed by atoms with E-state index in [9.17, 15) is 9.59 Å². The van der Waals surface area contributed by atoms with Crippen molar-refractivity contribution in [1.82, 2.24) is 4.90 Å². The molecule has 150 valence electrons. The molecular formula is C22H22N2O5. The first kappa shape index (κ1) is 19.0. The van der Waals surface area contributed by atoms with Gasteiger partial charge in [-0.1, -0.05) is 12.1 Å². The van der Waals surface area contributed by atoms with Crippen LogP contribution in [0.5, 0.6) is 5.75 Å². The molecule has 4 rings (SSSR count). The van der Waals surface area contributed by atoms with E-state index in [4.69, 9.17) is 13.9 Å². The number of nitrogens with zero attached hydrogens (tertiary/aromatic N) is 1. The van der Waals surface area contributed by atoms with E-state index in [-0.39, 0.29) is 11.7 Å². The van der Waals surface area contributed by atoms with E-state index >= 15 is 0 Å². The van der Waals surface area contributed by atoms with Gasteiger partial charge < -0.3 is 24.1 Å². The molecule has 3 aromatic rings. The number of ether oxygens (including phenoxy) is 2. The number of para-hydroxylation sites is 1. The maximum atomic E-state index is 12.9. The van der Waals surface area contributed by atoms with Crippen molar-refractivity contribution in [3.63, 3.8) is 0 Å². The Morgan fingerprint density at radius 2 is 1.86 bits per heavy atom. The van der Waals surface area contributed by atoms with Crippen molar-refractivity contribution in [2.45, 2.75) is 6.92 Å². The number of benzene rings is 2. The fourth-order valence-electron chi connectivity index (χ4n) is 3.44. The quantitative estimate of drug-likeness (QED) is 0.733. The molecule has 0 bridgehead atoms. The van der Waals surface area contributed by atoms with Crippen LogP contribution in [0.15, 0.2) is 46.9 Å².